The summed E-state index contributed by atoms with van der Waals surface area (Å²) in [7, 11) is 0. The fourth-order valence-corrected chi connectivity index (χ4v) is 4.02. The Morgan fingerprint density at radius 3 is 3.11 bits per heavy atom. The first-order chi connectivity index (χ1) is 8.74. The summed E-state index contributed by atoms with van der Waals surface area (Å²) < 4.78 is 0. The van der Waals surface area contributed by atoms with E-state index in [-0.39, 0.29) is 5.38 Å². The Kier molecular flexibility index (Phi) is 2.19. The third kappa shape index (κ3) is 1.36. The first kappa shape index (κ1) is 10.7. The third-order valence-electron chi connectivity index (χ3n) is 4.60. The van der Waals surface area contributed by atoms with Gasteiger partial charge in [-0.15, -0.1) is 11.6 Å². The van der Waals surface area contributed by atoms with Gasteiger partial charge < -0.3 is 10.6 Å². The predicted octanol–water partition coefficient (Wildman–Crippen LogP) is 2.60. The lowest BCUT2D eigenvalue weighted by molar-refractivity contribution is 0.439. The molecule has 0 saturated heterocycles. The molecule has 2 aliphatic carbocycles. The summed E-state index contributed by atoms with van der Waals surface area (Å²) in [5.41, 5.74) is 7.35. The molecule has 0 fully saturated rings. The molecule has 3 unspecified atom stereocenters. The van der Waals surface area contributed by atoms with Gasteiger partial charge in [-0.25, -0.2) is 0 Å². The SMILES string of the molecule is CC1NC=CC2=C3CC(Cl)C=C4NCC(=C43)CC21. The average molecular weight is 261 g/mol. The van der Waals surface area contributed by atoms with E-state index in [2.05, 4.69) is 35.9 Å². The lowest BCUT2D eigenvalue weighted by atomic mass is 9.72. The van der Waals surface area contributed by atoms with Gasteiger partial charge in [0.25, 0.3) is 0 Å². The molecule has 0 aromatic rings. The van der Waals surface area contributed by atoms with Crippen molar-refractivity contribution in [2.45, 2.75) is 31.2 Å². The van der Waals surface area contributed by atoms with Gasteiger partial charge in [0, 0.05) is 29.8 Å². The van der Waals surface area contributed by atoms with Crippen molar-refractivity contribution in [2.24, 2.45) is 5.92 Å². The molecule has 0 amide bonds. The topological polar surface area (TPSA) is 24.1 Å². The lowest BCUT2D eigenvalue weighted by Crippen LogP contribution is -2.36. The Morgan fingerprint density at radius 1 is 1.33 bits per heavy atom. The highest BCUT2D eigenvalue weighted by molar-refractivity contribution is 6.22. The van der Waals surface area contributed by atoms with Crippen LogP contribution in [0.1, 0.15) is 19.8 Å². The summed E-state index contributed by atoms with van der Waals surface area (Å²) in [6.07, 6.45) is 8.70. The molecule has 2 heterocycles. The molecular formula is C15H17ClN2. The van der Waals surface area contributed by atoms with Gasteiger partial charge in [-0.1, -0.05) is 0 Å². The first-order valence-electron chi connectivity index (χ1n) is 6.72. The van der Waals surface area contributed by atoms with E-state index in [9.17, 15) is 0 Å². The number of alkyl halides is 1. The number of fused-ring (bicyclic) bond motifs is 1. The van der Waals surface area contributed by atoms with Crippen LogP contribution in [0.15, 0.2) is 46.3 Å². The molecule has 0 aromatic carbocycles. The normalized spacial score (nSPS) is 36.8. The highest BCUT2D eigenvalue weighted by Crippen LogP contribution is 2.47. The van der Waals surface area contributed by atoms with Gasteiger partial charge in [0.15, 0.2) is 0 Å². The summed E-state index contributed by atoms with van der Waals surface area (Å²) in [5, 5.41) is 7.08. The van der Waals surface area contributed by atoms with E-state index in [1.54, 1.807) is 5.57 Å². The number of hydrogen-bond acceptors (Lipinski definition) is 2. The fourth-order valence-electron chi connectivity index (χ4n) is 3.74. The molecule has 94 valence electrons. The number of rotatable bonds is 0. The van der Waals surface area contributed by atoms with Gasteiger partial charge in [-0.3, -0.25) is 0 Å². The molecule has 0 aromatic heterocycles. The van der Waals surface area contributed by atoms with Gasteiger partial charge >= 0.3 is 0 Å². The Labute approximate surface area is 112 Å². The van der Waals surface area contributed by atoms with Crippen LogP contribution in [0.25, 0.3) is 0 Å². The average Bonchev–Trinajstić information content (AvgIpc) is 2.75. The molecule has 4 aliphatic rings. The van der Waals surface area contributed by atoms with E-state index in [0.717, 1.165) is 13.0 Å². The first-order valence-corrected chi connectivity index (χ1v) is 7.16. The van der Waals surface area contributed by atoms with Crippen LogP contribution in [-0.2, 0) is 0 Å². The number of nitrogens with one attached hydrogen (secondary N) is 2. The molecule has 2 N–H and O–H groups in total. The van der Waals surface area contributed by atoms with E-state index in [0.29, 0.717) is 12.0 Å². The Balaban J connectivity index is 1.92. The maximum absolute atomic E-state index is 6.38. The van der Waals surface area contributed by atoms with Crippen molar-refractivity contribution in [2.75, 3.05) is 6.54 Å². The largest absolute Gasteiger partial charge is 0.388 e. The smallest absolute Gasteiger partial charge is 0.0579 e. The van der Waals surface area contributed by atoms with Crippen molar-refractivity contribution in [3.8, 4) is 0 Å². The summed E-state index contributed by atoms with van der Waals surface area (Å²) in [5.74, 6) is 0.617. The van der Waals surface area contributed by atoms with E-state index < -0.39 is 0 Å². The number of halogens is 1. The standard InChI is InChI=1S/C15H17ClN2/c1-8-12-4-9-7-18-14-6-10(16)5-13(15(9)14)11(12)2-3-17-8/h2-3,6,8,10,12,17-18H,4-5,7H2,1H3. The predicted molar refractivity (Wildman–Crippen MR) is 74.2 cm³/mol. The number of hydrogen-bond donors (Lipinski definition) is 2. The van der Waals surface area contributed by atoms with Crippen molar-refractivity contribution in [1.29, 1.82) is 0 Å². The molecule has 3 heteroatoms. The summed E-state index contributed by atoms with van der Waals surface area (Å²) >= 11 is 6.38. The van der Waals surface area contributed by atoms with Crippen LogP contribution in [-0.4, -0.2) is 18.0 Å². The molecule has 0 saturated carbocycles. The second-order valence-corrected chi connectivity index (χ2v) is 6.23. The minimum absolute atomic E-state index is 0.135. The zero-order chi connectivity index (χ0) is 12.3. The van der Waals surface area contributed by atoms with Crippen LogP contribution in [0, 0.1) is 5.92 Å². The zero-order valence-corrected chi connectivity index (χ0v) is 11.2. The highest BCUT2D eigenvalue weighted by atomic mass is 35.5. The van der Waals surface area contributed by atoms with E-state index in [4.69, 9.17) is 11.6 Å². The maximum atomic E-state index is 6.38. The summed E-state index contributed by atoms with van der Waals surface area (Å²) in [6.45, 7) is 3.29. The molecule has 2 aliphatic heterocycles. The molecule has 0 radical (unpaired) electrons. The minimum Gasteiger partial charge on any atom is -0.388 e. The van der Waals surface area contributed by atoms with Crippen LogP contribution in [0.3, 0.4) is 0 Å². The van der Waals surface area contributed by atoms with Crippen molar-refractivity contribution in [3.63, 3.8) is 0 Å². The van der Waals surface area contributed by atoms with Crippen LogP contribution < -0.4 is 10.6 Å². The van der Waals surface area contributed by atoms with Crippen LogP contribution in [0.5, 0.6) is 0 Å². The van der Waals surface area contributed by atoms with Gasteiger partial charge in [-0.2, -0.15) is 0 Å². The van der Waals surface area contributed by atoms with Gasteiger partial charge in [0.05, 0.1) is 5.38 Å². The summed E-state index contributed by atoms with van der Waals surface area (Å²) in [4.78, 5) is 0. The summed E-state index contributed by atoms with van der Waals surface area (Å²) in [6, 6.07) is 0.523. The lowest BCUT2D eigenvalue weighted by Gasteiger charge is -2.37. The molecular weight excluding hydrogens is 244 g/mol. The maximum Gasteiger partial charge on any atom is 0.0579 e. The Hall–Kier alpha value is -1.15. The molecule has 4 rings (SSSR count). The second-order valence-electron chi connectivity index (χ2n) is 5.67. The van der Waals surface area contributed by atoms with Crippen LogP contribution in [0.4, 0.5) is 0 Å². The number of allylic oxidation sites excluding steroid dienone is 3. The molecule has 0 bridgehead atoms. The minimum atomic E-state index is 0.135. The quantitative estimate of drug-likeness (QED) is 0.655. The highest BCUT2D eigenvalue weighted by Gasteiger charge is 2.38. The Morgan fingerprint density at radius 2 is 2.22 bits per heavy atom. The molecule has 0 spiro atoms. The zero-order valence-electron chi connectivity index (χ0n) is 10.5. The fraction of sp³-hybridized carbons (Fsp3) is 0.467. The van der Waals surface area contributed by atoms with Crippen molar-refractivity contribution in [1.82, 2.24) is 10.6 Å². The van der Waals surface area contributed by atoms with E-state index in [1.165, 1.54) is 28.8 Å². The monoisotopic (exact) mass is 260 g/mol. The van der Waals surface area contributed by atoms with Crippen molar-refractivity contribution < 1.29 is 0 Å². The van der Waals surface area contributed by atoms with Crippen LogP contribution in [0.2, 0.25) is 0 Å². The van der Waals surface area contributed by atoms with E-state index in [1.807, 2.05) is 0 Å². The van der Waals surface area contributed by atoms with Gasteiger partial charge in [0.2, 0.25) is 0 Å². The molecule has 18 heavy (non-hydrogen) atoms. The van der Waals surface area contributed by atoms with Gasteiger partial charge in [0.1, 0.15) is 0 Å². The van der Waals surface area contributed by atoms with Crippen molar-refractivity contribution in [3.05, 3.63) is 46.3 Å². The van der Waals surface area contributed by atoms with Crippen molar-refractivity contribution >= 4 is 11.6 Å². The second kappa shape index (κ2) is 3.67. The van der Waals surface area contributed by atoms with E-state index >= 15 is 0 Å². The van der Waals surface area contributed by atoms with Gasteiger partial charge in [-0.05, 0) is 54.8 Å². The van der Waals surface area contributed by atoms with Crippen LogP contribution >= 0.6 is 11.6 Å². The third-order valence-corrected chi connectivity index (χ3v) is 4.88. The molecule has 2 nitrogen and oxygen atoms in total. The Bertz CT molecular complexity index is 539. The molecule has 3 atom stereocenters.